The molecule has 9 nitrogen and oxygen atoms in total. The van der Waals surface area contributed by atoms with E-state index in [1.165, 1.54) is 0 Å². The SMILES string of the molecule is O=C(NCc1cc(=O)n2c(n1)CN(CC1CCOC1)CCC2)C1CC1.O=C(O)C(F)(F)F. The number of carboxylic acids is 1. The van der Waals surface area contributed by atoms with Gasteiger partial charge in [-0.1, -0.05) is 0 Å². The molecule has 1 saturated carbocycles. The average Bonchev–Trinajstić information content (AvgIpc) is 3.48. The first-order valence-corrected chi connectivity index (χ1v) is 10.6. The molecule has 12 heteroatoms. The van der Waals surface area contributed by atoms with Crippen LogP contribution in [0.1, 0.15) is 37.2 Å². The van der Waals surface area contributed by atoms with E-state index in [1.807, 2.05) is 0 Å². The maximum absolute atomic E-state index is 12.5. The summed E-state index contributed by atoms with van der Waals surface area (Å²) in [7, 11) is 0. The van der Waals surface area contributed by atoms with Gasteiger partial charge in [-0.25, -0.2) is 9.78 Å². The number of hydrogen-bond acceptors (Lipinski definition) is 6. The second-order valence-corrected chi connectivity index (χ2v) is 8.27. The van der Waals surface area contributed by atoms with E-state index in [4.69, 9.17) is 14.6 Å². The van der Waals surface area contributed by atoms with E-state index in [9.17, 15) is 22.8 Å². The first-order valence-electron chi connectivity index (χ1n) is 10.6. The average molecular weight is 460 g/mol. The fourth-order valence-corrected chi connectivity index (χ4v) is 3.70. The number of fused-ring (bicyclic) bond motifs is 1. The minimum absolute atomic E-state index is 0.00767. The van der Waals surface area contributed by atoms with Crippen molar-refractivity contribution in [1.82, 2.24) is 19.8 Å². The number of carbonyl (C=O) groups is 2. The molecular formula is C20H27F3N4O5. The summed E-state index contributed by atoms with van der Waals surface area (Å²) in [4.78, 5) is 40.2. The van der Waals surface area contributed by atoms with E-state index < -0.39 is 12.1 Å². The van der Waals surface area contributed by atoms with Crippen LogP contribution in [0, 0.1) is 11.8 Å². The topological polar surface area (TPSA) is 114 Å². The lowest BCUT2D eigenvalue weighted by Crippen LogP contribution is -2.32. The van der Waals surface area contributed by atoms with Gasteiger partial charge in [-0.2, -0.15) is 13.2 Å². The van der Waals surface area contributed by atoms with Crippen LogP contribution >= 0.6 is 0 Å². The van der Waals surface area contributed by atoms with Crippen LogP contribution in [0.3, 0.4) is 0 Å². The maximum Gasteiger partial charge on any atom is 0.490 e. The summed E-state index contributed by atoms with van der Waals surface area (Å²) in [5, 5.41) is 10.0. The normalized spacial score (nSPS) is 21.2. The zero-order valence-electron chi connectivity index (χ0n) is 17.6. The molecule has 2 N–H and O–H groups in total. The van der Waals surface area contributed by atoms with E-state index in [-0.39, 0.29) is 17.4 Å². The smallest absolute Gasteiger partial charge is 0.475 e. The molecule has 1 aromatic heterocycles. The Hall–Kier alpha value is -2.47. The van der Waals surface area contributed by atoms with Crippen molar-refractivity contribution in [1.29, 1.82) is 0 Å². The quantitative estimate of drug-likeness (QED) is 0.678. The van der Waals surface area contributed by atoms with Gasteiger partial charge in [0.2, 0.25) is 5.91 Å². The number of carboxylic acid groups (broad SMARTS) is 1. The van der Waals surface area contributed by atoms with Gasteiger partial charge in [-0.15, -0.1) is 0 Å². The van der Waals surface area contributed by atoms with Gasteiger partial charge >= 0.3 is 12.1 Å². The van der Waals surface area contributed by atoms with Gasteiger partial charge in [0.1, 0.15) is 5.82 Å². The molecule has 4 rings (SSSR count). The van der Waals surface area contributed by atoms with Gasteiger partial charge in [0.25, 0.3) is 5.56 Å². The number of hydrogen-bond donors (Lipinski definition) is 2. The van der Waals surface area contributed by atoms with Crippen molar-refractivity contribution in [2.75, 3.05) is 26.3 Å². The van der Waals surface area contributed by atoms with E-state index in [1.54, 1.807) is 10.6 Å². The van der Waals surface area contributed by atoms with E-state index in [2.05, 4.69) is 15.2 Å². The Labute approximate surface area is 182 Å². The highest BCUT2D eigenvalue weighted by Crippen LogP contribution is 2.28. The molecular weight excluding hydrogens is 433 g/mol. The Bertz CT molecular complexity index is 879. The monoisotopic (exact) mass is 460 g/mol. The summed E-state index contributed by atoms with van der Waals surface area (Å²) >= 11 is 0. The zero-order chi connectivity index (χ0) is 23.3. The molecule has 1 unspecified atom stereocenters. The van der Waals surface area contributed by atoms with Gasteiger partial charge < -0.3 is 15.2 Å². The second-order valence-electron chi connectivity index (χ2n) is 8.27. The van der Waals surface area contributed by atoms with Crippen molar-refractivity contribution >= 4 is 11.9 Å². The fraction of sp³-hybridized carbons (Fsp3) is 0.700. The maximum atomic E-state index is 12.5. The Morgan fingerprint density at radius 1 is 1.25 bits per heavy atom. The summed E-state index contributed by atoms with van der Waals surface area (Å²) in [5.74, 6) is -1.10. The number of halogens is 3. The summed E-state index contributed by atoms with van der Waals surface area (Å²) in [5.41, 5.74) is 0.656. The molecule has 3 heterocycles. The molecule has 0 spiro atoms. The minimum atomic E-state index is -5.08. The lowest BCUT2D eigenvalue weighted by Gasteiger charge is -2.22. The molecule has 1 atom stereocenters. The highest BCUT2D eigenvalue weighted by Gasteiger charge is 2.38. The lowest BCUT2D eigenvalue weighted by atomic mass is 10.1. The number of nitrogens with zero attached hydrogens (tertiary/aromatic N) is 3. The van der Waals surface area contributed by atoms with Gasteiger partial charge in [0.05, 0.1) is 25.4 Å². The zero-order valence-corrected chi connectivity index (χ0v) is 17.6. The van der Waals surface area contributed by atoms with E-state index >= 15 is 0 Å². The molecule has 3 aliphatic rings. The Morgan fingerprint density at radius 2 is 1.97 bits per heavy atom. The van der Waals surface area contributed by atoms with Crippen LogP contribution < -0.4 is 10.9 Å². The van der Waals surface area contributed by atoms with Crippen LogP contribution in [-0.2, 0) is 34.0 Å². The van der Waals surface area contributed by atoms with Crippen LogP contribution in [0.5, 0.6) is 0 Å². The number of nitrogens with one attached hydrogen (secondary N) is 1. The van der Waals surface area contributed by atoms with Crippen molar-refractivity contribution in [2.45, 2.75) is 51.5 Å². The van der Waals surface area contributed by atoms with Gasteiger partial charge in [0, 0.05) is 38.2 Å². The Morgan fingerprint density at radius 3 is 2.56 bits per heavy atom. The van der Waals surface area contributed by atoms with Crippen molar-refractivity contribution in [2.24, 2.45) is 11.8 Å². The number of aliphatic carboxylic acids is 1. The van der Waals surface area contributed by atoms with Crippen LogP contribution in [-0.4, -0.2) is 63.9 Å². The second kappa shape index (κ2) is 10.4. The predicted octanol–water partition coefficient (Wildman–Crippen LogP) is 1.14. The number of rotatable bonds is 5. The van der Waals surface area contributed by atoms with E-state index in [0.717, 1.165) is 57.8 Å². The number of alkyl halides is 3. The molecule has 1 aliphatic carbocycles. The molecule has 1 aromatic rings. The molecule has 2 fully saturated rings. The highest BCUT2D eigenvalue weighted by atomic mass is 19.4. The Kier molecular flexibility index (Phi) is 7.88. The van der Waals surface area contributed by atoms with Crippen LogP contribution in [0.4, 0.5) is 13.2 Å². The highest BCUT2D eigenvalue weighted by molar-refractivity contribution is 5.80. The van der Waals surface area contributed by atoms with Crippen molar-refractivity contribution in [3.8, 4) is 0 Å². The van der Waals surface area contributed by atoms with Gasteiger partial charge in [-0.05, 0) is 31.6 Å². The summed E-state index contributed by atoms with van der Waals surface area (Å²) in [6, 6.07) is 1.57. The van der Waals surface area contributed by atoms with Crippen molar-refractivity contribution < 1.29 is 32.6 Å². The van der Waals surface area contributed by atoms with Crippen molar-refractivity contribution in [3.05, 3.63) is 27.9 Å². The lowest BCUT2D eigenvalue weighted by molar-refractivity contribution is -0.192. The number of ether oxygens (including phenoxy) is 1. The number of aromatic nitrogens is 2. The van der Waals surface area contributed by atoms with E-state index in [0.29, 0.717) is 31.2 Å². The van der Waals surface area contributed by atoms with Crippen LogP contribution in [0.15, 0.2) is 10.9 Å². The number of amides is 1. The molecule has 0 bridgehead atoms. The third-order valence-electron chi connectivity index (χ3n) is 5.54. The fourth-order valence-electron chi connectivity index (χ4n) is 3.70. The third kappa shape index (κ3) is 7.02. The van der Waals surface area contributed by atoms with Gasteiger partial charge in [-0.3, -0.25) is 19.1 Å². The van der Waals surface area contributed by atoms with Crippen molar-refractivity contribution in [3.63, 3.8) is 0 Å². The standard InChI is InChI=1S/C18H26N4O3.C2HF3O2/c23-17-8-15(9-19-18(24)14-2-3-14)20-16-11-21(5-1-6-22(16)17)10-13-4-7-25-12-13;3-2(4,5)1(6)7/h8,13-14H,1-7,9-12H2,(H,19,24);(H,6,7). The predicted molar refractivity (Wildman–Crippen MR) is 106 cm³/mol. The summed E-state index contributed by atoms with van der Waals surface area (Å²) < 4.78 is 39.0. The molecule has 32 heavy (non-hydrogen) atoms. The molecule has 0 aromatic carbocycles. The summed E-state index contributed by atoms with van der Waals surface area (Å²) in [6.45, 7) is 5.42. The van der Waals surface area contributed by atoms with Crippen LogP contribution in [0.25, 0.3) is 0 Å². The first-order chi connectivity index (χ1) is 15.1. The molecule has 178 valence electrons. The molecule has 1 amide bonds. The minimum Gasteiger partial charge on any atom is -0.475 e. The van der Waals surface area contributed by atoms with Gasteiger partial charge in [0.15, 0.2) is 0 Å². The third-order valence-corrected chi connectivity index (χ3v) is 5.54. The largest absolute Gasteiger partial charge is 0.490 e. The molecule has 2 aliphatic heterocycles. The molecule has 1 saturated heterocycles. The molecule has 0 radical (unpaired) electrons. The Balaban J connectivity index is 0.000000360. The summed E-state index contributed by atoms with van der Waals surface area (Å²) in [6.07, 6.45) is -1.05. The first kappa shape index (κ1) is 24.2. The number of carbonyl (C=O) groups excluding carboxylic acids is 1. The van der Waals surface area contributed by atoms with Crippen LogP contribution in [0.2, 0.25) is 0 Å².